The van der Waals surface area contributed by atoms with Crippen LogP contribution < -0.4 is 0 Å². The van der Waals surface area contributed by atoms with Crippen LogP contribution in [0.3, 0.4) is 0 Å². The van der Waals surface area contributed by atoms with Crippen molar-refractivity contribution < 1.29 is 30.7 Å². The van der Waals surface area contributed by atoms with Crippen molar-refractivity contribution in [2.45, 2.75) is 17.5 Å². The van der Waals surface area contributed by atoms with E-state index in [-0.39, 0.29) is 0 Å². The van der Waals surface area contributed by atoms with Crippen LogP contribution in [0.4, 0.5) is 30.7 Å². The van der Waals surface area contributed by atoms with E-state index in [1.54, 1.807) is 0 Å². The highest BCUT2D eigenvalue weighted by Crippen LogP contribution is 2.39. The van der Waals surface area contributed by atoms with Crippen LogP contribution in [-0.2, 0) is 0 Å². The summed E-state index contributed by atoms with van der Waals surface area (Å²) in [7, 11) is 0. The molecule has 0 bridgehead atoms. The van der Waals surface area contributed by atoms with Gasteiger partial charge in [0.25, 0.3) is 5.13 Å². The van der Waals surface area contributed by atoms with E-state index < -0.39 is 29.6 Å². The predicted octanol–water partition coefficient (Wildman–Crippen LogP) is 3.57. The molecule has 0 aliphatic carbocycles. The average Bonchev–Trinajstić information content (AvgIpc) is 1.79. The molecule has 0 nitrogen and oxygen atoms in total. The van der Waals surface area contributed by atoms with Gasteiger partial charge in [-0.05, 0) is 6.08 Å². The van der Waals surface area contributed by atoms with Crippen molar-refractivity contribution in [1.29, 1.82) is 0 Å². The molecule has 1 unspecified atom stereocenters. The first-order valence-electron chi connectivity index (χ1n) is 2.67. The fraction of sp³-hybridized carbons (Fsp3) is 0.600. The molecule has 0 aliphatic rings. The molecular formula is C5H2ClF7. The standard InChI is InChI=1S/C5H2ClF7/c6-3(7,5(11,12)13)1-2-4(8,9)10/h1-2H/b2-1+. The molecule has 0 N–H and O–H groups in total. The van der Waals surface area contributed by atoms with E-state index in [2.05, 4.69) is 11.6 Å². The van der Waals surface area contributed by atoms with Gasteiger partial charge in [0.1, 0.15) is 0 Å². The van der Waals surface area contributed by atoms with Crippen LogP contribution in [0.25, 0.3) is 0 Å². The topological polar surface area (TPSA) is 0 Å². The molecule has 0 heterocycles. The van der Waals surface area contributed by atoms with E-state index in [9.17, 15) is 30.7 Å². The molecule has 0 rings (SSSR count). The van der Waals surface area contributed by atoms with E-state index in [0.29, 0.717) is 0 Å². The van der Waals surface area contributed by atoms with E-state index in [4.69, 9.17) is 0 Å². The van der Waals surface area contributed by atoms with Gasteiger partial charge in [-0.3, -0.25) is 0 Å². The van der Waals surface area contributed by atoms with E-state index in [1.165, 1.54) is 0 Å². The minimum absolute atomic E-state index is 0.797. The van der Waals surface area contributed by atoms with Crippen LogP contribution >= 0.6 is 11.6 Å². The number of hydrogen-bond acceptors (Lipinski definition) is 0. The summed E-state index contributed by atoms with van der Waals surface area (Å²) in [4.78, 5) is 0. The molecule has 0 aliphatic heterocycles. The number of hydrogen-bond donors (Lipinski definition) is 0. The van der Waals surface area contributed by atoms with Gasteiger partial charge in [-0.15, -0.1) is 0 Å². The van der Waals surface area contributed by atoms with Crippen molar-refractivity contribution in [3.8, 4) is 0 Å². The molecule has 0 spiro atoms. The van der Waals surface area contributed by atoms with Gasteiger partial charge in [0.2, 0.25) is 0 Å². The second-order valence-corrected chi connectivity index (χ2v) is 2.55. The van der Waals surface area contributed by atoms with Crippen LogP contribution in [0.5, 0.6) is 0 Å². The molecule has 8 heteroatoms. The lowest BCUT2D eigenvalue weighted by Gasteiger charge is -2.16. The summed E-state index contributed by atoms with van der Waals surface area (Å²) < 4.78 is 80.5. The Labute approximate surface area is 73.0 Å². The zero-order valence-corrected chi connectivity index (χ0v) is 6.43. The fourth-order valence-electron chi connectivity index (χ4n) is 0.294. The number of rotatable bonds is 1. The van der Waals surface area contributed by atoms with Gasteiger partial charge < -0.3 is 0 Å². The van der Waals surface area contributed by atoms with Crippen molar-refractivity contribution in [1.82, 2.24) is 0 Å². The van der Waals surface area contributed by atoms with Crippen molar-refractivity contribution in [3.05, 3.63) is 12.2 Å². The van der Waals surface area contributed by atoms with Crippen molar-refractivity contribution in [2.24, 2.45) is 0 Å². The summed E-state index contributed by atoms with van der Waals surface area (Å²) in [5, 5.41) is -4.48. The van der Waals surface area contributed by atoms with Crippen molar-refractivity contribution in [2.75, 3.05) is 0 Å². The Hall–Kier alpha value is -0.460. The molecule has 0 fully saturated rings. The first kappa shape index (κ1) is 12.5. The van der Waals surface area contributed by atoms with Gasteiger partial charge in [0.05, 0.1) is 0 Å². The van der Waals surface area contributed by atoms with E-state index in [0.717, 1.165) is 0 Å². The highest BCUT2D eigenvalue weighted by atomic mass is 35.5. The molecule has 78 valence electrons. The summed E-state index contributed by atoms with van der Waals surface area (Å²) in [6, 6.07) is 0. The maximum Gasteiger partial charge on any atom is 0.440 e. The molecule has 0 saturated carbocycles. The van der Waals surface area contributed by atoms with Gasteiger partial charge in [0.15, 0.2) is 0 Å². The molecular weight excluding hydrogens is 228 g/mol. The second kappa shape index (κ2) is 3.36. The Kier molecular flexibility index (Phi) is 3.24. The average molecular weight is 231 g/mol. The van der Waals surface area contributed by atoms with E-state index >= 15 is 0 Å². The Morgan fingerprint density at radius 1 is 0.769 bits per heavy atom. The van der Waals surface area contributed by atoms with E-state index in [1.807, 2.05) is 0 Å². The first-order chi connectivity index (χ1) is 5.46. The molecule has 0 aromatic rings. The zero-order chi connectivity index (χ0) is 10.9. The smallest absolute Gasteiger partial charge is 0.211 e. The summed E-state index contributed by atoms with van der Waals surface area (Å²) in [5.74, 6) is 0. The van der Waals surface area contributed by atoms with Crippen LogP contribution in [0.2, 0.25) is 0 Å². The van der Waals surface area contributed by atoms with Gasteiger partial charge in [-0.1, -0.05) is 11.6 Å². The SMILES string of the molecule is FC(F)(F)/C=C/C(F)(Cl)C(F)(F)F. The lowest BCUT2D eigenvalue weighted by Crippen LogP contribution is -2.33. The maximum absolute atomic E-state index is 12.2. The van der Waals surface area contributed by atoms with Crippen molar-refractivity contribution >= 4 is 11.6 Å². The minimum Gasteiger partial charge on any atom is -0.211 e. The Balaban J connectivity index is 4.62. The van der Waals surface area contributed by atoms with Crippen LogP contribution in [0.1, 0.15) is 0 Å². The van der Waals surface area contributed by atoms with Crippen LogP contribution in [0.15, 0.2) is 12.2 Å². The summed E-state index contributed by atoms with van der Waals surface area (Å²) in [6.45, 7) is 0. The first-order valence-corrected chi connectivity index (χ1v) is 3.05. The van der Waals surface area contributed by atoms with Crippen LogP contribution in [0, 0.1) is 0 Å². The van der Waals surface area contributed by atoms with Gasteiger partial charge in [-0.2, -0.15) is 26.3 Å². The predicted molar refractivity (Wildman–Crippen MR) is 30.9 cm³/mol. The maximum atomic E-state index is 12.2. The molecule has 1 atom stereocenters. The molecule has 0 aromatic heterocycles. The normalized spacial score (nSPS) is 19.1. The summed E-state index contributed by atoms with van der Waals surface area (Å²) in [5.41, 5.74) is 0. The lowest BCUT2D eigenvalue weighted by atomic mass is 10.3. The minimum atomic E-state index is -5.57. The number of alkyl halides is 8. The zero-order valence-electron chi connectivity index (χ0n) is 5.68. The summed E-state index contributed by atoms with van der Waals surface area (Å²) >= 11 is 4.14. The third-order valence-electron chi connectivity index (χ3n) is 0.860. The Morgan fingerprint density at radius 3 is 1.38 bits per heavy atom. The van der Waals surface area contributed by atoms with Gasteiger partial charge in [-0.25, -0.2) is 4.39 Å². The highest BCUT2D eigenvalue weighted by molar-refractivity contribution is 6.24. The Morgan fingerprint density at radius 2 is 1.15 bits per heavy atom. The molecule has 0 radical (unpaired) electrons. The molecule has 0 amide bonds. The third kappa shape index (κ3) is 4.35. The third-order valence-corrected chi connectivity index (χ3v) is 1.20. The van der Waals surface area contributed by atoms with Gasteiger partial charge in [0, 0.05) is 6.08 Å². The summed E-state index contributed by atoms with van der Waals surface area (Å²) in [6.07, 6.45) is -12.3. The van der Waals surface area contributed by atoms with Crippen molar-refractivity contribution in [3.63, 3.8) is 0 Å². The van der Waals surface area contributed by atoms with Gasteiger partial charge >= 0.3 is 12.4 Å². The second-order valence-electron chi connectivity index (χ2n) is 2.00. The number of halogens is 8. The molecule has 0 aromatic carbocycles. The Bertz CT molecular complexity index is 198. The highest BCUT2D eigenvalue weighted by Gasteiger charge is 2.53. The quantitative estimate of drug-likeness (QED) is 0.367. The fourth-order valence-corrected chi connectivity index (χ4v) is 0.357. The number of allylic oxidation sites excluding steroid dienone is 2. The monoisotopic (exact) mass is 230 g/mol. The van der Waals surface area contributed by atoms with Crippen LogP contribution in [-0.4, -0.2) is 17.5 Å². The molecule has 0 saturated heterocycles. The largest absolute Gasteiger partial charge is 0.440 e. The molecule has 13 heavy (non-hydrogen) atoms. The lowest BCUT2D eigenvalue weighted by molar-refractivity contribution is -0.183.